The molecule has 0 aliphatic carbocycles. The first-order chi connectivity index (χ1) is 7.88. The molecule has 1 rings (SSSR count). The molecule has 16 heavy (non-hydrogen) atoms. The first kappa shape index (κ1) is 12.6. The molecule has 0 saturated carbocycles. The average Bonchev–Trinajstić information content (AvgIpc) is 2.34. The predicted octanol–water partition coefficient (Wildman–Crippen LogP) is 2.09. The summed E-state index contributed by atoms with van der Waals surface area (Å²) in [6.45, 7) is 3.81. The van der Waals surface area contributed by atoms with E-state index < -0.39 is 0 Å². The minimum absolute atomic E-state index is 0.372. The number of nitrogens with zero attached hydrogens (tertiary/aromatic N) is 1. The van der Waals surface area contributed by atoms with Crippen LogP contribution in [0.5, 0.6) is 5.88 Å². The van der Waals surface area contributed by atoms with Gasteiger partial charge in [-0.05, 0) is 18.6 Å². The van der Waals surface area contributed by atoms with Crippen molar-refractivity contribution in [3.05, 3.63) is 23.9 Å². The predicted molar refractivity (Wildman–Crippen MR) is 60.8 cm³/mol. The molecule has 1 aromatic heterocycles. The Morgan fingerprint density at radius 1 is 1.38 bits per heavy atom. The third kappa shape index (κ3) is 4.40. The summed E-state index contributed by atoms with van der Waals surface area (Å²) in [4.78, 5) is 14.6. The number of aromatic nitrogens is 1. The molecule has 0 aliphatic heterocycles. The number of aldehydes is 1. The van der Waals surface area contributed by atoms with Gasteiger partial charge in [0, 0.05) is 12.8 Å². The van der Waals surface area contributed by atoms with Crippen LogP contribution >= 0.6 is 0 Å². The summed E-state index contributed by atoms with van der Waals surface area (Å²) in [5.41, 5.74) is 0.469. The van der Waals surface area contributed by atoms with E-state index in [0.29, 0.717) is 24.7 Å². The van der Waals surface area contributed by atoms with Crippen molar-refractivity contribution in [1.82, 2.24) is 4.98 Å². The standard InChI is InChI=1S/C12H17NO3/c1-2-3-7-15-8-9-16-12-11(10-14)5-4-6-13-12/h4-6,10H,2-3,7-9H2,1H3. The lowest BCUT2D eigenvalue weighted by atomic mass is 10.3. The van der Waals surface area contributed by atoms with Gasteiger partial charge in [-0.2, -0.15) is 0 Å². The van der Waals surface area contributed by atoms with Gasteiger partial charge in [0.1, 0.15) is 6.61 Å². The van der Waals surface area contributed by atoms with Crippen LogP contribution < -0.4 is 4.74 Å². The van der Waals surface area contributed by atoms with Crippen LogP contribution in [-0.2, 0) is 4.74 Å². The highest BCUT2D eigenvalue weighted by Gasteiger charge is 2.02. The second kappa shape index (κ2) is 7.82. The van der Waals surface area contributed by atoms with Gasteiger partial charge in [-0.25, -0.2) is 4.98 Å². The number of ether oxygens (including phenoxy) is 2. The van der Waals surface area contributed by atoms with Gasteiger partial charge in [0.2, 0.25) is 5.88 Å². The topological polar surface area (TPSA) is 48.4 Å². The molecule has 0 atom stereocenters. The summed E-state index contributed by atoms with van der Waals surface area (Å²) >= 11 is 0. The van der Waals surface area contributed by atoms with Gasteiger partial charge in [-0.3, -0.25) is 4.79 Å². The second-order valence-corrected chi connectivity index (χ2v) is 3.33. The smallest absolute Gasteiger partial charge is 0.224 e. The molecule has 4 nitrogen and oxygen atoms in total. The van der Waals surface area contributed by atoms with E-state index in [1.165, 1.54) is 0 Å². The number of pyridine rings is 1. The van der Waals surface area contributed by atoms with Gasteiger partial charge >= 0.3 is 0 Å². The van der Waals surface area contributed by atoms with Crippen LogP contribution in [0.25, 0.3) is 0 Å². The van der Waals surface area contributed by atoms with Crippen molar-refractivity contribution < 1.29 is 14.3 Å². The molecule has 0 N–H and O–H groups in total. The number of unbranched alkanes of at least 4 members (excludes halogenated alkanes) is 1. The molecule has 0 aliphatic rings. The van der Waals surface area contributed by atoms with Crippen molar-refractivity contribution in [1.29, 1.82) is 0 Å². The lowest BCUT2D eigenvalue weighted by molar-refractivity contribution is 0.0953. The number of carbonyl (C=O) groups is 1. The third-order valence-electron chi connectivity index (χ3n) is 2.04. The summed E-state index contributed by atoms with van der Waals surface area (Å²) in [5.74, 6) is 0.372. The van der Waals surface area contributed by atoms with Crippen molar-refractivity contribution in [3.63, 3.8) is 0 Å². The van der Waals surface area contributed by atoms with E-state index in [4.69, 9.17) is 9.47 Å². The van der Waals surface area contributed by atoms with E-state index in [1.807, 2.05) is 0 Å². The molecule has 4 heteroatoms. The fourth-order valence-electron chi connectivity index (χ4n) is 1.16. The quantitative estimate of drug-likeness (QED) is 0.500. The summed E-state index contributed by atoms with van der Waals surface area (Å²) in [6.07, 6.45) is 4.51. The lowest BCUT2D eigenvalue weighted by Gasteiger charge is -2.07. The Morgan fingerprint density at radius 2 is 2.25 bits per heavy atom. The van der Waals surface area contributed by atoms with E-state index in [-0.39, 0.29) is 0 Å². The molecule has 1 aromatic rings. The zero-order chi connectivity index (χ0) is 11.6. The molecule has 0 bridgehead atoms. The van der Waals surface area contributed by atoms with E-state index in [1.54, 1.807) is 18.3 Å². The van der Waals surface area contributed by atoms with Crippen LogP contribution in [0, 0.1) is 0 Å². The van der Waals surface area contributed by atoms with Crippen LogP contribution in [0.1, 0.15) is 30.1 Å². The molecular weight excluding hydrogens is 206 g/mol. The summed E-state index contributed by atoms with van der Waals surface area (Å²) in [5, 5.41) is 0. The zero-order valence-corrected chi connectivity index (χ0v) is 9.52. The monoisotopic (exact) mass is 223 g/mol. The molecule has 1 heterocycles. The van der Waals surface area contributed by atoms with Crippen LogP contribution in [0.15, 0.2) is 18.3 Å². The highest BCUT2D eigenvalue weighted by atomic mass is 16.5. The molecule has 0 amide bonds. The van der Waals surface area contributed by atoms with Crippen molar-refractivity contribution >= 4 is 6.29 Å². The van der Waals surface area contributed by atoms with Crippen LogP contribution in [0.2, 0.25) is 0 Å². The van der Waals surface area contributed by atoms with E-state index >= 15 is 0 Å². The largest absolute Gasteiger partial charge is 0.475 e. The average molecular weight is 223 g/mol. The SMILES string of the molecule is CCCCOCCOc1ncccc1C=O. The number of hydrogen-bond donors (Lipinski definition) is 0. The highest BCUT2D eigenvalue weighted by molar-refractivity contribution is 5.77. The minimum atomic E-state index is 0.372. The van der Waals surface area contributed by atoms with Gasteiger partial charge in [0.15, 0.2) is 6.29 Å². The Morgan fingerprint density at radius 3 is 3.00 bits per heavy atom. The Labute approximate surface area is 95.6 Å². The van der Waals surface area contributed by atoms with Gasteiger partial charge in [-0.15, -0.1) is 0 Å². The molecule has 0 unspecified atom stereocenters. The van der Waals surface area contributed by atoms with Gasteiger partial charge < -0.3 is 9.47 Å². The first-order valence-corrected chi connectivity index (χ1v) is 5.49. The first-order valence-electron chi connectivity index (χ1n) is 5.49. The van der Waals surface area contributed by atoms with Crippen LogP contribution in [-0.4, -0.2) is 31.1 Å². The Balaban J connectivity index is 2.23. The fourth-order valence-corrected chi connectivity index (χ4v) is 1.16. The summed E-state index contributed by atoms with van der Waals surface area (Å²) < 4.78 is 10.7. The zero-order valence-electron chi connectivity index (χ0n) is 9.52. The molecule has 0 fully saturated rings. The van der Waals surface area contributed by atoms with E-state index in [0.717, 1.165) is 25.7 Å². The Bertz CT molecular complexity index is 315. The summed E-state index contributed by atoms with van der Waals surface area (Å²) in [7, 11) is 0. The maximum absolute atomic E-state index is 10.7. The number of rotatable bonds is 8. The molecular formula is C12H17NO3. The van der Waals surface area contributed by atoms with Gasteiger partial charge in [0.05, 0.1) is 12.2 Å². The van der Waals surface area contributed by atoms with Gasteiger partial charge in [0.25, 0.3) is 0 Å². The lowest BCUT2D eigenvalue weighted by Crippen LogP contribution is -2.09. The summed E-state index contributed by atoms with van der Waals surface area (Å²) in [6, 6.07) is 3.38. The van der Waals surface area contributed by atoms with Crippen LogP contribution in [0.3, 0.4) is 0 Å². The van der Waals surface area contributed by atoms with E-state index in [9.17, 15) is 4.79 Å². The minimum Gasteiger partial charge on any atom is -0.475 e. The van der Waals surface area contributed by atoms with E-state index in [2.05, 4.69) is 11.9 Å². The second-order valence-electron chi connectivity index (χ2n) is 3.33. The Hall–Kier alpha value is -1.42. The molecule has 0 saturated heterocycles. The third-order valence-corrected chi connectivity index (χ3v) is 2.04. The highest BCUT2D eigenvalue weighted by Crippen LogP contribution is 2.10. The maximum Gasteiger partial charge on any atom is 0.224 e. The van der Waals surface area contributed by atoms with Crippen LogP contribution in [0.4, 0.5) is 0 Å². The van der Waals surface area contributed by atoms with Crippen molar-refractivity contribution in [2.45, 2.75) is 19.8 Å². The van der Waals surface area contributed by atoms with Crippen molar-refractivity contribution in [3.8, 4) is 5.88 Å². The normalized spacial score (nSPS) is 10.1. The maximum atomic E-state index is 10.7. The van der Waals surface area contributed by atoms with Gasteiger partial charge in [-0.1, -0.05) is 13.3 Å². The molecule has 0 aromatic carbocycles. The molecule has 88 valence electrons. The van der Waals surface area contributed by atoms with Crippen molar-refractivity contribution in [2.75, 3.05) is 19.8 Å². The number of carbonyl (C=O) groups excluding carboxylic acids is 1. The molecule has 0 spiro atoms. The molecule has 0 radical (unpaired) electrons. The Kier molecular flexibility index (Phi) is 6.18. The number of hydrogen-bond acceptors (Lipinski definition) is 4. The fraction of sp³-hybridized carbons (Fsp3) is 0.500. The van der Waals surface area contributed by atoms with Crippen molar-refractivity contribution in [2.24, 2.45) is 0 Å².